The molecule has 2 saturated heterocycles. The van der Waals surface area contributed by atoms with Crippen LogP contribution >= 0.6 is 0 Å². The third-order valence-corrected chi connectivity index (χ3v) is 6.55. The monoisotopic (exact) mass is 355 g/mol. The molecular weight excluding hydrogens is 332 g/mol. The van der Waals surface area contributed by atoms with Gasteiger partial charge >= 0.3 is 0 Å². The molecule has 0 aromatic heterocycles. The van der Waals surface area contributed by atoms with Crippen molar-refractivity contribution >= 4 is 11.8 Å². The number of benzene rings is 1. The van der Waals surface area contributed by atoms with Gasteiger partial charge in [-0.3, -0.25) is 15.0 Å². The number of nitrogens with two attached hydrogens (primary N) is 1. The molecule has 2 unspecified atom stereocenters. The molecule has 26 heavy (non-hydrogen) atoms. The number of hydrogen-bond donors (Lipinski definition) is 2. The summed E-state index contributed by atoms with van der Waals surface area (Å²) in [4.78, 5) is 27.4. The molecule has 8 nitrogen and oxygen atoms in total. The van der Waals surface area contributed by atoms with E-state index in [4.69, 9.17) is 5.84 Å². The van der Waals surface area contributed by atoms with Crippen molar-refractivity contribution in [2.45, 2.75) is 50.1 Å². The summed E-state index contributed by atoms with van der Waals surface area (Å²) >= 11 is 0. The number of nitrogens with one attached hydrogen (secondary N) is 1. The first-order valence-electron chi connectivity index (χ1n) is 9.23. The zero-order valence-electron chi connectivity index (χ0n) is 14.6. The number of fused-ring (bicyclic) bond motifs is 1. The summed E-state index contributed by atoms with van der Waals surface area (Å²) in [5, 5.41) is 8.17. The van der Waals surface area contributed by atoms with Gasteiger partial charge in [0.1, 0.15) is 19.1 Å². The number of carbonyl (C=O) groups is 2. The Morgan fingerprint density at radius 2 is 1.92 bits per heavy atom. The SMILES string of the molecule is NNC(=O)C1CC2(CN1C(=O)C1CCC[N+]13Cc1ccccc1C3)N=N2. The van der Waals surface area contributed by atoms with E-state index in [0.29, 0.717) is 13.0 Å². The zero-order chi connectivity index (χ0) is 17.9. The second-order valence-electron chi connectivity index (χ2n) is 8.06. The Labute approximate surface area is 151 Å². The predicted molar refractivity (Wildman–Crippen MR) is 92.0 cm³/mol. The highest BCUT2D eigenvalue weighted by Gasteiger charge is 2.59. The van der Waals surface area contributed by atoms with Crippen molar-refractivity contribution in [1.29, 1.82) is 0 Å². The van der Waals surface area contributed by atoms with Crippen LogP contribution in [0.4, 0.5) is 0 Å². The molecule has 2 fully saturated rings. The summed E-state index contributed by atoms with van der Waals surface area (Å²) in [7, 11) is 0. The first-order chi connectivity index (χ1) is 12.6. The molecule has 2 amide bonds. The Morgan fingerprint density at radius 3 is 2.54 bits per heavy atom. The Morgan fingerprint density at radius 1 is 1.23 bits per heavy atom. The predicted octanol–water partition coefficient (Wildman–Crippen LogP) is 0.432. The Balaban J connectivity index is 1.42. The molecule has 0 saturated carbocycles. The quantitative estimate of drug-likeness (QED) is 0.348. The largest absolute Gasteiger partial charge is 0.321 e. The Bertz CT molecular complexity index is 791. The first-order valence-corrected chi connectivity index (χ1v) is 9.23. The number of amides is 2. The van der Waals surface area contributed by atoms with E-state index in [9.17, 15) is 9.59 Å². The van der Waals surface area contributed by atoms with Gasteiger partial charge in [0.15, 0.2) is 6.04 Å². The molecule has 0 aliphatic carbocycles. The topological polar surface area (TPSA) is 100 Å². The van der Waals surface area contributed by atoms with Crippen LogP contribution in [0.15, 0.2) is 34.5 Å². The van der Waals surface area contributed by atoms with Crippen LogP contribution in [-0.4, -0.2) is 52.0 Å². The lowest BCUT2D eigenvalue weighted by atomic mass is 10.1. The number of nitrogens with zero attached hydrogens (tertiary/aromatic N) is 4. The summed E-state index contributed by atoms with van der Waals surface area (Å²) in [6, 6.07) is 7.78. The molecule has 4 aliphatic rings. The lowest BCUT2D eigenvalue weighted by Crippen LogP contribution is -2.58. The van der Waals surface area contributed by atoms with Gasteiger partial charge in [-0.1, -0.05) is 24.3 Å². The van der Waals surface area contributed by atoms with Crippen LogP contribution in [0.3, 0.4) is 0 Å². The Hall–Kier alpha value is -2.32. The minimum absolute atomic E-state index is 0.0538. The van der Waals surface area contributed by atoms with Crippen LogP contribution < -0.4 is 11.3 Å². The van der Waals surface area contributed by atoms with Crippen molar-refractivity contribution in [2.24, 2.45) is 16.1 Å². The molecule has 1 aromatic carbocycles. The molecule has 3 N–H and O–H groups in total. The third-order valence-electron chi connectivity index (χ3n) is 6.55. The highest BCUT2D eigenvalue weighted by molar-refractivity contribution is 5.90. The van der Waals surface area contributed by atoms with E-state index in [1.165, 1.54) is 11.1 Å². The highest BCUT2D eigenvalue weighted by atomic mass is 16.2. The van der Waals surface area contributed by atoms with Gasteiger partial charge in [0.05, 0.1) is 13.1 Å². The van der Waals surface area contributed by atoms with Crippen LogP contribution in [0.1, 0.15) is 30.4 Å². The van der Waals surface area contributed by atoms with Gasteiger partial charge in [-0.25, -0.2) is 5.84 Å². The lowest BCUT2D eigenvalue weighted by Gasteiger charge is -2.37. The number of quaternary nitrogens is 1. The number of hydrogen-bond acceptors (Lipinski definition) is 5. The molecular formula is C18H23N6O2+. The maximum absolute atomic E-state index is 13.5. The van der Waals surface area contributed by atoms with Crippen LogP contribution in [0, 0.1) is 0 Å². The molecule has 0 radical (unpaired) electrons. The third kappa shape index (κ3) is 2.22. The first kappa shape index (κ1) is 15.9. The Kier molecular flexibility index (Phi) is 3.27. The van der Waals surface area contributed by atoms with E-state index in [2.05, 4.69) is 39.9 Å². The maximum Gasteiger partial charge on any atom is 0.281 e. The van der Waals surface area contributed by atoms with E-state index in [-0.39, 0.29) is 17.9 Å². The van der Waals surface area contributed by atoms with Crippen molar-refractivity contribution in [3.05, 3.63) is 35.4 Å². The van der Waals surface area contributed by atoms with Crippen molar-refractivity contribution in [2.75, 3.05) is 13.1 Å². The van der Waals surface area contributed by atoms with Gasteiger partial charge in [0.2, 0.25) is 5.66 Å². The number of rotatable bonds is 2. The van der Waals surface area contributed by atoms with Crippen molar-refractivity contribution in [3.8, 4) is 0 Å². The standard InChI is InChI=1S/C18H22N6O2/c19-20-16(25)14-8-18(21-22-18)11-23(14)17(26)15-6-3-7-24(15)9-12-4-1-2-5-13(12)10-24/h1-2,4-5,14-15H,3,6-11H2,(H2-,19,20,21,22,25)/p+1. The van der Waals surface area contributed by atoms with E-state index in [0.717, 1.165) is 37.0 Å². The lowest BCUT2D eigenvalue weighted by molar-refractivity contribution is -0.950. The number of likely N-dealkylation sites (tertiary alicyclic amines) is 1. The van der Waals surface area contributed by atoms with Gasteiger partial charge < -0.3 is 9.38 Å². The molecule has 1 aromatic rings. The molecule has 2 atom stereocenters. The van der Waals surface area contributed by atoms with Gasteiger partial charge in [0.25, 0.3) is 11.8 Å². The van der Waals surface area contributed by atoms with Gasteiger partial charge in [-0.15, -0.1) is 0 Å². The molecule has 4 heterocycles. The van der Waals surface area contributed by atoms with Crippen molar-refractivity contribution in [1.82, 2.24) is 10.3 Å². The summed E-state index contributed by atoms with van der Waals surface area (Å²) in [5.74, 6) is 5.07. The smallest absolute Gasteiger partial charge is 0.281 e. The van der Waals surface area contributed by atoms with Crippen LogP contribution in [0.2, 0.25) is 0 Å². The van der Waals surface area contributed by atoms with E-state index in [1.807, 2.05) is 0 Å². The van der Waals surface area contributed by atoms with E-state index < -0.39 is 11.7 Å². The maximum atomic E-state index is 13.5. The molecule has 8 heteroatoms. The van der Waals surface area contributed by atoms with Crippen LogP contribution in [0.5, 0.6) is 0 Å². The van der Waals surface area contributed by atoms with E-state index in [1.54, 1.807) is 4.90 Å². The minimum atomic E-state index is -0.576. The van der Waals surface area contributed by atoms with Gasteiger partial charge in [0, 0.05) is 30.4 Å². The summed E-state index contributed by atoms with van der Waals surface area (Å²) in [6.45, 7) is 3.20. The minimum Gasteiger partial charge on any atom is -0.321 e. The fourth-order valence-electron chi connectivity index (χ4n) is 5.20. The van der Waals surface area contributed by atoms with Crippen molar-refractivity contribution in [3.63, 3.8) is 0 Å². The average Bonchev–Trinajstić information content (AvgIpc) is 2.99. The summed E-state index contributed by atoms with van der Waals surface area (Å²) < 4.78 is 0.785. The molecule has 0 bridgehead atoms. The molecule has 136 valence electrons. The second kappa shape index (κ2) is 5.34. The number of hydrazine groups is 1. The van der Waals surface area contributed by atoms with Gasteiger partial charge in [-0.2, -0.15) is 10.2 Å². The van der Waals surface area contributed by atoms with Crippen molar-refractivity contribution < 1.29 is 14.1 Å². The second-order valence-corrected chi connectivity index (χ2v) is 8.06. The van der Waals surface area contributed by atoms with E-state index >= 15 is 0 Å². The van der Waals surface area contributed by atoms with Crippen LogP contribution in [-0.2, 0) is 22.7 Å². The molecule has 4 aliphatic heterocycles. The van der Waals surface area contributed by atoms with Gasteiger partial charge in [-0.05, 0) is 0 Å². The highest BCUT2D eigenvalue weighted by Crippen LogP contribution is 2.44. The number of carbonyl (C=O) groups excluding carboxylic acids is 2. The van der Waals surface area contributed by atoms with Crippen LogP contribution in [0.25, 0.3) is 0 Å². The summed E-state index contributed by atoms with van der Waals surface area (Å²) in [5.41, 5.74) is 4.32. The molecule has 5 rings (SSSR count). The fourth-order valence-corrected chi connectivity index (χ4v) is 5.20. The summed E-state index contributed by atoms with van der Waals surface area (Å²) in [6.07, 6.45) is 2.34. The zero-order valence-corrected chi connectivity index (χ0v) is 14.6. The average molecular weight is 355 g/mol. The normalized spacial score (nSPS) is 29.3. The molecule has 2 spiro atoms. The fraction of sp³-hybridized carbons (Fsp3) is 0.556.